The molecule has 20 heavy (non-hydrogen) atoms. The average molecular weight is 421 g/mol. The number of hydrogen-bond acceptors (Lipinski definition) is 2. The van der Waals surface area contributed by atoms with Crippen LogP contribution in [0.4, 0.5) is 13.2 Å². The van der Waals surface area contributed by atoms with Gasteiger partial charge in [-0.15, -0.1) is 12.4 Å². The van der Waals surface area contributed by atoms with Crippen LogP contribution in [-0.4, -0.2) is 37.5 Å². The summed E-state index contributed by atoms with van der Waals surface area (Å²) in [7, 11) is 0. The van der Waals surface area contributed by atoms with Crippen LogP contribution in [-0.2, 0) is 0 Å². The van der Waals surface area contributed by atoms with Gasteiger partial charge in [-0.05, 0) is 40.8 Å². The minimum absolute atomic E-state index is 0. The highest BCUT2D eigenvalue weighted by atomic mass is 127. The van der Waals surface area contributed by atoms with Crippen molar-refractivity contribution in [2.45, 2.75) is 18.9 Å². The second-order valence-corrected chi connectivity index (χ2v) is 5.84. The molecule has 0 unspecified atom stereocenters. The normalized spacial score (nSPS) is 17.9. The van der Waals surface area contributed by atoms with Crippen LogP contribution in [0, 0.1) is 9.39 Å². The van der Waals surface area contributed by atoms with E-state index in [1.54, 1.807) is 12.1 Å². The van der Waals surface area contributed by atoms with E-state index >= 15 is 0 Å². The van der Waals surface area contributed by atoms with Gasteiger partial charge in [0.05, 0.1) is 0 Å². The number of halogens is 5. The van der Waals surface area contributed by atoms with Crippen molar-refractivity contribution < 1.29 is 13.2 Å². The summed E-state index contributed by atoms with van der Waals surface area (Å²) in [6.07, 6.45) is -2.76. The maximum Gasteiger partial charge on any atom is 0.240 e. The quantitative estimate of drug-likeness (QED) is 0.751. The van der Waals surface area contributed by atoms with Crippen LogP contribution in [0.5, 0.6) is 0 Å². The van der Waals surface area contributed by atoms with Gasteiger partial charge in [-0.25, -0.2) is 13.2 Å². The first-order chi connectivity index (χ1) is 9.08. The molecule has 1 aromatic rings. The van der Waals surface area contributed by atoms with Crippen LogP contribution in [0.15, 0.2) is 18.2 Å². The van der Waals surface area contributed by atoms with Crippen LogP contribution >= 0.6 is 35.0 Å². The number of benzene rings is 1. The van der Waals surface area contributed by atoms with Crippen molar-refractivity contribution in [1.29, 1.82) is 0 Å². The van der Waals surface area contributed by atoms with Crippen LogP contribution < -0.4 is 5.32 Å². The molecule has 1 heterocycles. The van der Waals surface area contributed by atoms with E-state index in [4.69, 9.17) is 0 Å². The maximum atomic E-state index is 13.9. The summed E-state index contributed by atoms with van der Waals surface area (Å²) in [5.74, 6) is -0.399. The minimum Gasteiger partial charge on any atom is -0.314 e. The Bertz CT molecular complexity index is 428. The van der Waals surface area contributed by atoms with Crippen molar-refractivity contribution in [2.24, 2.45) is 0 Å². The average Bonchev–Trinajstić information content (AvgIpc) is 2.40. The Morgan fingerprint density at radius 3 is 2.50 bits per heavy atom. The lowest BCUT2D eigenvalue weighted by molar-refractivity contribution is 0.0725. The fourth-order valence-corrected chi connectivity index (χ4v) is 2.92. The van der Waals surface area contributed by atoms with Crippen LogP contribution in [0.25, 0.3) is 0 Å². The van der Waals surface area contributed by atoms with Gasteiger partial charge in [0.15, 0.2) is 0 Å². The molecule has 1 saturated heterocycles. The zero-order valence-corrected chi connectivity index (χ0v) is 13.8. The molecule has 7 heteroatoms. The highest BCUT2D eigenvalue weighted by Crippen LogP contribution is 2.30. The van der Waals surface area contributed by atoms with E-state index in [0.29, 0.717) is 18.7 Å². The van der Waals surface area contributed by atoms with Gasteiger partial charge in [-0.1, -0.05) is 0 Å². The van der Waals surface area contributed by atoms with E-state index in [1.807, 2.05) is 4.90 Å². The largest absolute Gasteiger partial charge is 0.314 e. The molecule has 1 fully saturated rings. The predicted octanol–water partition coefficient (Wildman–Crippen LogP) is 3.45. The van der Waals surface area contributed by atoms with Crippen molar-refractivity contribution in [3.8, 4) is 0 Å². The number of alkyl halides is 2. The summed E-state index contributed by atoms with van der Waals surface area (Å²) in [5, 5.41) is 3.18. The number of rotatable bonds is 4. The van der Waals surface area contributed by atoms with Crippen molar-refractivity contribution in [3.05, 3.63) is 33.1 Å². The third-order valence-electron chi connectivity index (χ3n) is 3.31. The van der Waals surface area contributed by atoms with Gasteiger partial charge in [0.2, 0.25) is 6.43 Å². The van der Waals surface area contributed by atoms with Crippen LogP contribution in [0.1, 0.15) is 18.0 Å². The second-order valence-electron chi connectivity index (χ2n) is 4.59. The van der Waals surface area contributed by atoms with E-state index in [9.17, 15) is 13.2 Å². The molecule has 2 nitrogen and oxygen atoms in total. The molecule has 0 radical (unpaired) electrons. The summed E-state index contributed by atoms with van der Waals surface area (Å²) in [4.78, 5) is 1.94. The van der Waals surface area contributed by atoms with Crippen molar-refractivity contribution in [2.75, 3.05) is 26.2 Å². The van der Waals surface area contributed by atoms with Crippen molar-refractivity contribution in [3.63, 3.8) is 0 Å². The van der Waals surface area contributed by atoms with E-state index in [0.717, 1.165) is 16.7 Å². The Kier molecular flexibility index (Phi) is 7.57. The molecule has 2 rings (SSSR count). The van der Waals surface area contributed by atoms with E-state index in [-0.39, 0.29) is 18.8 Å². The van der Waals surface area contributed by atoms with Gasteiger partial charge in [-0.3, -0.25) is 4.90 Å². The standard InChI is InChI=1S/C13H16F3IN2.ClH/c14-11-2-1-9(17)7-10(11)12(8-13(15)16)19-5-3-18-4-6-19;/h1-2,7,12-13,18H,3-6,8H2;1H/t12-;/m1./s1. The highest BCUT2D eigenvalue weighted by molar-refractivity contribution is 14.1. The van der Waals surface area contributed by atoms with Gasteiger partial charge in [-0.2, -0.15) is 0 Å². The van der Waals surface area contributed by atoms with E-state index < -0.39 is 18.3 Å². The molecular weight excluding hydrogens is 404 g/mol. The Balaban J connectivity index is 0.00000200. The molecule has 1 aliphatic rings. The van der Waals surface area contributed by atoms with Crippen LogP contribution in [0.2, 0.25) is 0 Å². The molecule has 0 aliphatic carbocycles. The molecule has 1 atom stereocenters. The summed E-state index contributed by atoms with van der Waals surface area (Å²) in [5.41, 5.74) is 0.383. The minimum atomic E-state index is -2.43. The monoisotopic (exact) mass is 420 g/mol. The molecule has 1 aromatic carbocycles. The lowest BCUT2D eigenvalue weighted by Gasteiger charge is -2.35. The molecule has 0 bridgehead atoms. The maximum absolute atomic E-state index is 13.9. The van der Waals surface area contributed by atoms with Crippen LogP contribution in [0.3, 0.4) is 0 Å². The summed E-state index contributed by atoms with van der Waals surface area (Å²) in [6.45, 7) is 2.85. The molecule has 1 aliphatic heterocycles. The SMILES string of the molecule is Cl.Fc1ccc(I)cc1[C@@H](CC(F)F)N1CCNCC1. The lowest BCUT2D eigenvalue weighted by Crippen LogP contribution is -2.45. The Morgan fingerprint density at radius 2 is 1.90 bits per heavy atom. The summed E-state index contributed by atoms with van der Waals surface area (Å²) < 4.78 is 40.4. The van der Waals surface area contributed by atoms with Gasteiger partial charge < -0.3 is 5.32 Å². The Hall–Kier alpha value is -0.0500. The van der Waals surface area contributed by atoms with E-state index in [1.165, 1.54) is 6.07 Å². The molecule has 0 saturated carbocycles. The highest BCUT2D eigenvalue weighted by Gasteiger charge is 2.27. The van der Waals surface area contributed by atoms with E-state index in [2.05, 4.69) is 27.9 Å². The third-order valence-corrected chi connectivity index (χ3v) is 3.98. The van der Waals surface area contributed by atoms with Gasteiger partial charge >= 0.3 is 0 Å². The van der Waals surface area contributed by atoms with Crippen molar-refractivity contribution in [1.82, 2.24) is 10.2 Å². The molecular formula is C13H17ClF3IN2. The number of hydrogen-bond donors (Lipinski definition) is 1. The third kappa shape index (κ3) is 4.75. The first kappa shape index (κ1) is 18.0. The number of piperazine rings is 1. The zero-order chi connectivity index (χ0) is 13.8. The van der Waals surface area contributed by atoms with Gasteiger partial charge in [0.25, 0.3) is 0 Å². The topological polar surface area (TPSA) is 15.3 Å². The lowest BCUT2D eigenvalue weighted by atomic mass is 10.0. The Morgan fingerprint density at radius 1 is 1.25 bits per heavy atom. The number of nitrogens with zero attached hydrogens (tertiary/aromatic N) is 1. The molecule has 114 valence electrons. The second kappa shape index (κ2) is 8.41. The predicted molar refractivity (Wildman–Crippen MR) is 84.2 cm³/mol. The summed E-state index contributed by atoms with van der Waals surface area (Å²) >= 11 is 2.07. The fourth-order valence-electron chi connectivity index (χ4n) is 2.41. The fraction of sp³-hybridized carbons (Fsp3) is 0.538. The molecule has 0 spiro atoms. The van der Waals surface area contributed by atoms with Gasteiger partial charge in [0.1, 0.15) is 5.82 Å². The number of nitrogens with one attached hydrogen (secondary N) is 1. The summed E-state index contributed by atoms with van der Waals surface area (Å²) in [6, 6.07) is 4.14. The van der Waals surface area contributed by atoms with Gasteiger partial charge in [0, 0.05) is 47.8 Å². The zero-order valence-electron chi connectivity index (χ0n) is 10.8. The smallest absolute Gasteiger partial charge is 0.240 e. The first-order valence-electron chi connectivity index (χ1n) is 6.26. The first-order valence-corrected chi connectivity index (χ1v) is 7.33. The van der Waals surface area contributed by atoms with Crippen molar-refractivity contribution >= 4 is 35.0 Å². The Labute approximate surface area is 136 Å². The molecule has 1 N–H and O–H groups in total. The molecule has 0 aromatic heterocycles. The molecule has 0 amide bonds.